The molecule has 0 aliphatic heterocycles. The Balaban J connectivity index is 1.17. The maximum absolute atomic E-state index is 8.67. The van der Waals surface area contributed by atoms with Gasteiger partial charge in [-0.05, 0) is 50.6 Å². The smallest absolute Gasteiger partial charge is 0.179 e. The Morgan fingerprint density at radius 1 is 0.446 bits per heavy atom. The number of aromatic nitrogens is 1. The second-order valence-electron chi connectivity index (χ2n) is 13.8. The fourth-order valence-corrected chi connectivity index (χ4v) is 12.7. The summed E-state index contributed by atoms with van der Waals surface area (Å²) in [4.78, 5) is 9.48. The van der Waals surface area contributed by atoms with Gasteiger partial charge in [0.05, 0.1) is 11.0 Å². The average molecular weight is 735 g/mol. The molecule has 0 aliphatic rings. The first-order valence-corrected chi connectivity index (χ1v) is 20.8. The standard InChI is InChI=1S/C51H38N4Si/c52-50(39-18-6-1-7-19-39)54-51(40-20-8-2-9-21-40)53-37-38-30-32-41(33-31-38)55-48-29-17-16-28-46(48)47-35-34-45(36-49(47)55)56(42-22-10-3-11-23-42,43-24-12-4-13-25-43)44-26-14-5-15-27-44/h1-37,52H/b52-50?,53-37+,54-51-. The van der Waals surface area contributed by atoms with Crippen LogP contribution in [-0.4, -0.2) is 30.5 Å². The Morgan fingerprint density at radius 3 is 1.50 bits per heavy atom. The highest BCUT2D eigenvalue weighted by Gasteiger charge is 2.41. The Bertz CT molecular complexity index is 2730. The molecule has 4 nitrogen and oxygen atoms in total. The monoisotopic (exact) mass is 734 g/mol. The van der Waals surface area contributed by atoms with Crippen molar-refractivity contribution in [3.63, 3.8) is 0 Å². The lowest BCUT2D eigenvalue weighted by atomic mass is 10.1. The average Bonchev–Trinajstić information content (AvgIpc) is 3.61. The molecule has 0 saturated heterocycles. The number of aliphatic imine (C=N–C) groups is 2. The van der Waals surface area contributed by atoms with Gasteiger partial charge in [0.1, 0.15) is 0 Å². The lowest BCUT2D eigenvalue weighted by molar-refractivity contribution is 1.18. The number of para-hydroxylation sites is 1. The fraction of sp³-hybridized carbons (Fsp3) is 0. The first-order valence-electron chi connectivity index (χ1n) is 18.8. The molecule has 266 valence electrons. The van der Waals surface area contributed by atoms with Gasteiger partial charge in [0, 0.05) is 33.8 Å². The van der Waals surface area contributed by atoms with Gasteiger partial charge in [0.15, 0.2) is 19.7 Å². The summed E-state index contributed by atoms with van der Waals surface area (Å²) < 4.78 is 2.40. The van der Waals surface area contributed by atoms with Crippen LogP contribution in [0.25, 0.3) is 27.5 Å². The van der Waals surface area contributed by atoms with Gasteiger partial charge in [-0.3, -0.25) is 5.41 Å². The number of fused-ring (bicyclic) bond motifs is 3. The summed E-state index contributed by atoms with van der Waals surface area (Å²) in [6.45, 7) is 0. The number of nitrogens with zero attached hydrogens (tertiary/aromatic N) is 3. The molecule has 1 aromatic heterocycles. The van der Waals surface area contributed by atoms with Crippen LogP contribution in [-0.2, 0) is 0 Å². The van der Waals surface area contributed by atoms with Crippen LogP contribution in [0.4, 0.5) is 0 Å². The number of amidine groups is 2. The third kappa shape index (κ3) is 6.40. The van der Waals surface area contributed by atoms with E-state index in [1.54, 1.807) is 0 Å². The molecule has 0 spiro atoms. The van der Waals surface area contributed by atoms with E-state index >= 15 is 0 Å². The Morgan fingerprint density at radius 2 is 0.929 bits per heavy atom. The maximum atomic E-state index is 8.67. The van der Waals surface area contributed by atoms with Crippen LogP contribution in [0.2, 0.25) is 0 Å². The predicted molar refractivity (Wildman–Crippen MR) is 238 cm³/mol. The van der Waals surface area contributed by atoms with E-state index < -0.39 is 8.07 Å². The summed E-state index contributed by atoms with van der Waals surface area (Å²) >= 11 is 0. The van der Waals surface area contributed by atoms with Crippen molar-refractivity contribution >= 4 is 68.5 Å². The van der Waals surface area contributed by atoms with E-state index in [9.17, 15) is 0 Å². The van der Waals surface area contributed by atoms with Crippen molar-refractivity contribution in [3.05, 3.63) is 235 Å². The summed E-state index contributed by atoms with van der Waals surface area (Å²) in [6, 6.07) is 77.0. The van der Waals surface area contributed by atoms with Crippen molar-refractivity contribution in [1.82, 2.24) is 4.57 Å². The molecule has 0 bridgehead atoms. The van der Waals surface area contributed by atoms with E-state index in [4.69, 9.17) is 10.4 Å². The van der Waals surface area contributed by atoms with Gasteiger partial charge in [-0.1, -0.05) is 194 Å². The van der Waals surface area contributed by atoms with Gasteiger partial charge in [-0.25, -0.2) is 9.98 Å². The number of rotatable bonds is 8. The lowest BCUT2D eigenvalue weighted by Gasteiger charge is -2.34. The minimum Gasteiger partial charge on any atom is -0.309 e. The minimum absolute atomic E-state index is 0.168. The SMILES string of the molecule is N=C(/N=C(\N=C\c1ccc(-n2c3ccccc3c3ccc([Si](c4ccccc4)(c4ccccc4)c4ccccc4)cc32)cc1)c1ccccc1)c1ccccc1. The highest BCUT2D eigenvalue weighted by atomic mass is 28.3. The van der Waals surface area contributed by atoms with E-state index in [0.717, 1.165) is 27.9 Å². The Labute approximate surface area is 328 Å². The van der Waals surface area contributed by atoms with Gasteiger partial charge < -0.3 is 4.57 Å². The summed E-state index contributed by atoms with van der Waals surface area (Å²) in [7, 11) is -2.74. The molecule has 0 atom stereocenters. The van der Waals surface area contributed by atoms with Crippen molar-refractivity contribution in [1.29, 1.82) is 5.41 Å². The molecule has 5 heteroatoms. The third-order valence-electron chi connectivity index (χ3n) is 10.5. The highest BCUT2D eigenvalue weighted by Crippen LogP contribution is 2.32. The van der Waals surface area contributed by atoms with E-state index in [0.29, 0.717) is 5.84 Å². The number of nitrogens with one attached hydrogen (secondary N) is 1. The summed E-state index contributed by atoms with van der Waals surface area (Å²) in [5, 5.41) is 16.5. The summed E-state index contributed by atoms with van der Waals surface area (Å²) in [5.41, 5.74) is 5.93. The number of hydrogen-bond acceptors (Lipinski definition) is 1. The van der Waals surface area contributed by atoms with Crippen molar-refractivity contribution in [3.8, 4) is 5.69 Å². The molecular weight excluding hydrogens is 697 g/mol. The lowest BCUT2D eigenvalue weighted by Crippen LogP contribution is -2.74. The van der Waals surface area contributed by atoms with Crippen LogP contribution in [0.15, 0.2) is 228 Å². The molecule has 56 heavy (non-hydrogen) atoms. The van der Waals surface area contributed by atoms with Gasteiger partial charge >= 0.3 is 0 Å². The van der Waals surface area contributed by atoms with Crippen molar-refractivity contribution in [2.75, 3.05) is 0 Å². The van der Waals surface area contributed by atoms with Crippen LogP contribution in [0, 0.1) is 5.41 Å². The molecule has 8 aromatic carbocycles. The second-order valence-corrected chi connectivity index (χ2v) is 17.6. The zero-order valence-corrected chi connectivity index (χ0v) is 31.7. The molecule has 0 aliphatic carbocycles. The Hall–Kier alpha value is -7.21. The minimum atomic E-state index is -2.74. The quantitative estimate of drug-likeness (QED) is 0.0702. The first kappa shape index (κ1) is 34.5. The molecule has 9 aromatic rings. The summed E-state index contributed by atoms with van der Waals surface area (Å²) in [6.07, 6.45) is 1.83. The molecule has 1 N–H and O–H groups in total. The normalized spacial score (nSPS) is 12.0. The zero-order valence-electron chi connectivity index (χ0n) is 30.7. The molecular formula is C51H38N4Si. The van der Waals surface area contributed by atoms with E-state index in [1.165, 1.54) is 37.0 Å². The van der Waals surface area contributed by atoms with Crippen LogP contribution >= 0.6 is 0 Å². The molecule has 1 heterocycles. The predicted octanol–water partition coefficient (Wildman–Crippen LogP) is 9.05. The molecule has 9 rings (SSSR count). The van der Waals surface area contributed by atoms with E-state index in [2.05, 4.69) is 167 Å². The Kier molecular flexibility index (Phi) is 9.42. The van der Waals surface area contributed by atoms with Crippen molar-refractivity contribution in [2.24, 2.45) is 9.98 Å². The van der Waals surface area contributed by atoms with Crippen molar-refractivity contribution < 1.29 is 0 Å². The third-order valence-corrected chi connectivity index (χ3v) is 15.3. The van der Waals surface area contributed by atoms with Crippen LogP contribution in [0.1, 0.15) is 16.7 Å². The largest absolute Gasteiger partial charge is 0.309 e. The van der Waals surface area contributed by atoms with Crippen molar-refractivity contribution in [2.45, 2.75) is 0 Å². The maximum Gasteiger partial charge on any atom is 0.179 e. The number of hydrogen-bond donors (Lipinski definition) is 1. The molecule has 0 fully saturated rings. The van der Waals surface area contributed by atoms with Gasteiger partial charge in [0.25, 0.3) is 0 Å². The highest BCUT2D eigenvalue weighted by molar-refractivity contribution is 7.20. The summed E-state index contributed by atoms with van der Waals surface area (Å²) in [5.74, 6) is 0.655. The van der Waals surface area contributed by atoms with Gasteiger partial charge in [-0.2, -0.15) is 0 Å². The fourth-order valence-electron chi connectivity index (χ4n) is 7.91. The topological polar surface area (TPSA) is 53.5 Å². The molecule has 0 unspecified atom stereocenters. The zero-order chi connectivity index (χ0) is 37.7. The number of benzene rings is 8. The van der Waals surface area contributed by atoms with Crippen LogP contribution in [0.5, 0.6) is 0 Å². The van der Waals surface area contributed by atoms with Crippen LogP contribution in [0.3, 0.4) is 0 Å². The second kappa shape index (κ2) is 15.3. The van der Waals surface area contributed by atoms with Gasteiger partial charge in [-0.15, -0.1) is 0 Å². The first-order chi connectivity index (χ1) is 27.7. The van der Waals surface area contributed by atoms with E-state index in [-0.39, 0.29) is 5.84 Å². The van der Waals surface area contributed by atoms with E-state index in [1.807, 2.05) is 66.9 Å². The molecule has 0 radical (unpaired) electrons. The molecule has 0 saturated carbocycles. The van der Waals surface area contributed by atoms with Crippen LogP contribution < -0.4 is 20.7 Å². The van der Waals surface area contributed by atoms with Gasteiger partial charge in [0.2, 0.25) is 0 Å². The molecule has 0 amide bonds.